The molecule has 0 atom stereocenters. The Balaban J connectivity index is 2.02. The van der Waals surface area contributed by atoms with Gasteiger partial charge in [0, 0.05) is 25.8 Å². The SMILES string of the molecule is CS(=O)(=O)CC1(CC(=O)N(CCCN)Cc2ccccc2)CC1. The topological polar surface area (TPSA) is 80.5 Å². The maximum atomic E-state index is 12.7. The van der Waals surface area contributed by atoms with Crippen LogP contribution in [-0.2, 0) is 21.2 Å². The minimum Gasteiger partial charge on any atom is -0.338 e. The molecule has 0 bridgehead atoms. The van der Waals surface area contributed by atoms with Gasteiger partial charge in [0.05, 0.1) is 5.75 Å². The summed E-state index contributed by atoms with van der Waals surface area (Å²) in [5, 5.41) is 0. The number of carbonyl (C=O) groups is 1. The molecule has 1 amide bonds. The first-order valence-corrected chi connectivity index (χ1v) is 10.1. The molecule has 1 aliphatic carbocycles. The molecule has 0 aromatic heterocycles. The van der Waals surface area contributed by atoms with E-state index in [2.05, 4.69) is 0 Å². The summed E-state index contributed by atoms with van der Waals surface area (Å²) in [5.74, 6) is 0.144. The second-order valence-electron chi connectivity index (χ2n) is 6.69. The molecule has 1 fully saturated rings. The second kappa shape index (κ2) is 7.45. The standard InChI is InChI=1S/C17H26N2O3S/c1-23(21,22)14-17(8-9-17)12-16(20)19(11-5-10-18)13-15-6-3-2-4-7-15/h2-4,6-7H,5,8-14,18H2,1H3. The van der Waals surface area contributed by atoms with Crippen molar-refractivity contribution in [2.75, 3.05) is 25.1 Å². The molecule has 0 heterocycles. The average Bonchev–Trinajstić information content (AvgIpc) is 3.21. The number of nitrogens with two attached hydrogens (primary N) is 1. The Bertz CT molecular complexity index is 624. The van der Waals surface area contributed by atoms with Crippen molar-refractivity contribution in [2.45, 2.75) is 32.2 Å². The van der Waals surface area contributed by atoms with Crippen LogP contribution in [0.5, 0.6) is 0 Å². The Kier molecular flexibility index (Phi) is 5.81. The molecule has 0 radical (unpaired) electrons. The van der Waals surface area contributed by atoms with Crippen LogP contribution in [0.1, 0.15) is 31.2 Å². The molecule has 1 aromatic carbocycles. The average molecular weight is 338 g/mol. The van der Waals surface area contributed by atoms with Crippen LogP contribution in [-0.4, -0.2) is 44.3 Å². The molecule has 1 saturated carbocycles. The number of sulfone groups is 1. The van der Waals surface area contributed by atoms with E-state index < -0.39 is 9.84 Å². The van der Waals surface area contributed by atoms with Crippen molar-refractivity contribution in [3.8, 4) is 0 Å². The zero-order chi connectivity index (χ0) is 16.9. The molecule has 1 aliphatic rings. The van der Waals surface area contributed by atoms with Gasteiger partial charge in [-0.1, -0.05) is 30.3 Å². The lowest BCUT2D eigenvalue weighted by Crippen LogP contribution is -2.35. The quantitative estimate of drug-likeness (QED) is 0.741. The van der Waals surface area contributed by atoms with E-state index in [9.17, 15) is 13.2 Å². The van der Waals surface area contributed by atoms with E-state index in [1.54, 1.807) is 0 Å². The van der Waals surface area contributed by atoms with Gasteiger partial charge in [0.15, 0.2) is 0 Å². The van der Waals surface area contributed by atoms with Gasteiger partial charge in [-0.3, -0.25) is 4.79 Å². The molecule has 6 heteroatoms. The van der Waals surface area contributed by atoms with Crippen molar-refractivity contribution >= 4 is 15.7 Å². The minimum absolute atomic E-state index is 0.0310. The number of hydrogen-bond acceptors (Lipinski definition) is 4. The summed E-state index contributed by atoms with van der Waals surface area (Å²) in [6, 6.07) is 9.83. The largest absolute Gasteiger partial charge is 0.338 e. The highest BCUT2D eigenvalue weighted by atomic mass is 32.2. The van der Waals surface area contributed by atoms with Crippen LogP contribution in [0.2, 0.25) is 0 Å². The number of benzene rings is 1. The highest BCUT2D eigenvalue weighted by Gasteiger charge is 2.47. The van der Waals surface area contributed by atoms with Gasteiger partial charge < -0.3 is 10.6 Å². The lowest BCUT2D eigenvalue weighted by molar-refractivity contribution is -0.133. The van der Waals surface area contributed by atoms with E-state index in [0.717, 1.165) is 24.8 Å². The third kappa shape index (κ3) is 5.95. The van der Waals surface area contributed by atoms with E-state index in [0.29, 0.717) is 26.1 Å². The molecule has 128 valence electrons. The van der Waals surface area contributed by atoms with Crippen molar-refractivity contribution in [2.24, 2.45) is 11.1 Å². The summed E-state index contributed by atoms with van der Waals surface area (Å²) in [6.07, 6.45) is 3.95. The molecular formula is C17H26N2O3S. The Morgan fingerprint density at radius 1 is 1.26 bits per heavy atom. The van der Waals surface area contributed by atoms with Gasteiger partial charge in [0.25, 0.3) is 0 Å². The van der Waals surface area contributed by atoms with Crippen LogP contribution in [0.4, 0.5) is 0 Å². The third-order valence-electron chi connectivity index (χ3n) is 4.25. The highest BCUT2D eigenvalue weighted by molar-refractivity contribution is 7.90. The van der Waals surface area contributed by atoms with Crippen molar-refractivity contribution in [3.63, 3.8) is 0 Å². The van der Waals surface area contributed by atoms with Gasteiger partial charge in [0.1, 0.15) is 9.84 Å². The Morgan fingerprint density at radius 2 is 1.91 bits per heavy atom. The first-order valence-electron chi connectivity index (χ1n) is 8.03. The monoisotopic (exact) mass is 338 g/mol. The van der Waals surface area contributed by atoms with Gasteiger partial charge >= 0.3 is 0 Å². The molecule has 2 rings (SSSR count). The second-order valence-corrected chi connectivity index (χ2v) is 8.83. The van der Waals surface area contributed by atoms with E-state index in [1.165, 1.54) is 6.26 Å². The summed E-state index contributed by atoms with van der Waals surface area (Å²) in [5.41, 5.74) is 6.32. The predicted molar refractivity (Wildman–Crippen MR) is 91.5 cm³/mol. The number of amides is 1. The fourth-order valence-electron chi connectivity index (χ4n) is 2.92. The van der Waals surface area contributed by atoms with Crippen molar-refractivity contribution < 1.29 is 13.2 Å². The predicted octanol–water partition coefficient (Wildman–Crippen LogP) is 1.58. The minimum atomic E-state index is -3.06. The van der Waals surface area contributed by atoms with E-state index in [1.807, 2.05) is 35.2 Å². The maximum Gasteiger partial charge on any atom is 0.223 e. The maximum absolute atomic E-state index is 12.7. The van der Waals surface area contributed by atoms with E-state index in [-0.39, 0.29) is 17.1 Å². The Hall–Kier alpha value is -1.40. The molecule has 5 nitrogen and oxygen atoms in total. The first kappa shape index (κ1) is 17.9. The van der Waals surface area contributed by atoms with E-state index in [4.69, 9.17) is 5.73 Å². The third-order valence-corrected chi connectivity index (χ3v) is 5.39. The van der Waals surface area contributed by atoms with Crippen LogP contribution < -0.4 is 5.73 Å². The fourth-order valence-corrected chi connectivity index (χ4v) is 4.42. The molecule has 0 aliphatic heterocycles. The smallest absolute Gasteiger partial charge is 0.223 e. The Labute approximate surface area is 138 Å². The molecule has 23 heavy (non-hydrogen) atoms. The summed E-state index contributed by atoms with van der Waals surface area (Å²) in [7, 11) is -3.06. The normalized spacial score (nSPS) is 16.1. The molecule has 0 saturated heterocycles. The fraction of sp³-hybridized carbons (Fsp3) is 0.588. The highest BCUT2D eigenvalue weighted by Crippen LogP contribution is 2.50. The lowest BCUT2D eigenvalue weighted by Gasteiger charge is -2.25. The number of nitrogens with zero attached hydrogens (tertiary/aromatic N) is 1. The number of rotatable bonds is 9. The van der Waals surface area contributed by atoms with Crippen molar-refractivity contribution in [1.82, 2.24) is 4.90 Å². The molecule has 0 unspecified atom stereocenters. The molecular weight excluding hydrogens is 312 g/mol. The van der Waals surface area contributed by atoms with Crippen LogP contribution in [0.25, 0.3) is 0 Å². The summed E-state index contributed by atoms with van der Waals surface area (Å²) in [6.45, 7) is 1.70. The van der Waals surface area contributed by atoms with Crippen molar-refractivity contribution in [1.29, 1.82) is 0 Å². The van der Waals surface area contributed by atoms with Gasteiger partial charge in [-0.25, -0.2) is 8.42 Å². The number of hydrogen-bond donors (Lipinski definition) is 1. The summed E-state index contributed by atoms with van der Waals surface area (Å²) in [4.78, 5) is 14.5. The number of carbonyl (C=O) groups excluding carboxylic acids is 1. The zero-order valence-electron chi connectivity index (χ0n) is 13.7. The summed E-state index contributed by atoms with van der Waals surface area (Å²) < 4.78 is 23.1. The van der Waals surface area contributed by atoms with Gasteiger partial charge in [0.2, 0.25) is 5.91 Å². The van der Waals surface area contributed by atoms with Gasteiger partial charge in [-0.15, -0.1) is 0 Å². The van der Waals surface area contributed by atoms with Gasteiger partial charge in [-0.05, 0) is 36.8 Å². The summed E-state index contributed by atoms with van der Waals surface area (Å²) >= 11 is 0. The zero-order valence-corrected chi connectivity index (χ0v) is 14.5. The van der Waals surface area contributed by atoms with Gasteiger partial charge in [-0.2, -0.15) is 0 Å². The Morgan fingerprint density at radius 3 is 2.43 bits per heavy atom. The first-order chi connectivity index (χ1) is 10.8. The van der Waals surface area contributed by atoms with Crippen LogP contribution >= 0.6 is 0 Å². The molecule has 1 aromatic rings. The molecule has 2 N–H and O–H groups in total. The lowest BCUT2D eigenvalue weighted by atomic mass is 10.0. The molecule has 0 spiro atoms. The van der Waals surface area contributed by atoms with Crippen molar-refractivity contribution in [3.05, 3.63) is 35.9 Å². The van der Waals surface area contributed by atoms with Crippen LogP contribution in [0, 0.1) is 5.41 Å². The van der Waals surface area contributed by atoms with Crippen LogP contribution in [0.3, 0.4) is 0 Å². The van der Waals surface area contributed by atoms with Crippen LogP contribution in [0.15, 0.2) is 30.3 Å². The van der Waals surface area contributed by atoms with E-state index >= 15 is 0 Å².